The molecule has 2 rings (SSSR count). The monoisotopic (exact) mass is 260 g/mol. The van der Waals surface area contributed by atoms with E-state index in [1.807, 2.05) is 19.1 Å². The lowest BCUT2D eigenvalue weighted by atomic mass is 10.2. The molecule has 4 heteroatoms. The molecule has 0 unspecified atom stereocenters. The van der Waals surface area contributed by atoms with Crippen molar-refractivity contribution in [1.29, 1.82) is 5.26 Å². The van der Waals surface area contributed by atoms with E-state index in [1.165, 1.54) is 6.07 Å². The summed E-state index contributed by atoms with van der Waals surface area (Å²) >= 11 is 5.90. The van der Waals surface area contributed by atoms with Crippen LogP contribution in [0.25, 0.3) is 0 Å². The summed E-state index contributed by atoms with van der Waals surface area (Å²) in [7, 11) is 0. The molecule has 0 spiro atoms. The molecule has 0 saturated heterocycles. The molecule has 18 heavy (non-hydrogen) atoms. The van der Waals surface area contributed by atoms with Gasteiger partial charge in [-0.2, -0.15) is 5.26 Å². The highest BCUT2D eigenvalue weighted by Gasteiger charge is 2.05. The summed E-state index contributed by atoms with van der Waals surface area (Å²) in [5.41, 5.74) is 2.27. The molecular weight excluding hydrogens is 251 g/mol. The average Bonchev–Trinajstić information content (AvgIpc) is 2.33. The Morgan fingerprint density at radius 3 is 2.61 bits per heavy atom. The standard InChI is InChI=1S/C14H10ClFN2/c1-9-2-5-14(13(16)6-9)18-11-4-3-10(8-17)12(15)7-11/h2-7,18H,1H3. The van der Waals surface area contributed by atoms with Crippen LogP contribution in [0.1, 0.15) is 11.1 Å². The van der Waals surface area contributed by atoms with Gasteiger partial charge in [-0.3, -0.25) is 0 Å². The first-order chi connectivity index (χ1) is 8.60. The summed E-state index contributed by atoms with van der Waals surface area (Å²) in [5, 5.41) is 12.0. The number of nitrogens with one attached hydrogen (secondary N) is 1. The van der Waals surface area contributed by atoms with Gasteiger partial charge in [0.25, 0.3) is 0 Å². The predicted octanol–water partition coefficient (Wildman–Crippen LogP) is 4.40. The van der Waals surface area contributed by atoms with Gasteiger partial charge in [0.15, 0.2) is 0 Å². The highest BCUT2D eigenvalue weighted by Crippen LogP contribution is 2.25. The van der Waals surface area contributed by atoms with Crippen LogP contribution in [0.3, 0.4) is 0 Å². The molecule has 0 saturated carbocycles. The Bertz CT molecular complexity index is 632. The Hall–Kier alpha value is -2.05. The molecule has 0 aliphatic heterocycles. The van der Waals surface area contributed by atoms with Crippen LogP contribution in [0.4, 0.5) is 15.8 Å². The fourth-order valence-electron chi connectivity index (χ4n) is 1.56. The first-order valence-electron chi connectivity index (χ1n) is 5.33. The number of halogens is 2. The second kappa shape index (κ2) is 5.07. The van der Waals surface area contributed by atoms with Gasteiger partial charge < -0.3 is 5.32 Å². The number of hydrogen-bond donors (Lipinski definition) is 1. The topological polar surface area (TPSA) is 35.8 Å². The van der Waals surface area contributed by atoms with Gasteiger partial charge >= 0.3 is 0 Å². The zero-order valence-corrected chi connectivity index (χ0v) is 10.4. The lowest BCUT2D eigenvalue weighted by molar-refractivity contribution is 0.631. The van der Waals surface area contributed by atoms with Crippen LogP contribution in [0.15, 0.2) is 36.4 Å². The van der Waals surface area contributed by atoms with E-state index in [1.54, 1.807) is 24.3 Å². The second-order valence-corrected chi connectivity index (χ2v) is 4.32. The number of nitriles is 1. The minimum Gasteiger partial charge on any atom is -0.353 e. The van der Waals surface area contributed by atoms with Crippen molar-refractivity contribution < 1.29 is 4.39 Å². The molecule has 1 N–H and O–H groups in total. The summed E-state index contributed by atoms with van der Waals surface area (Å²) in [5.74, 6) is -0.324. The van der Waals surface area contributed by atoms with Crippen molar-refractivity contribution in [3.63, 3.8) is 0 Å². The van der Waals surface area contributed by atoms with Gasteiger partial charge in [0.2, 0.25) is 0 Å². The van der Waals surface area contributed by atoms with Crippen LogP contribution in [0.5, 0.6) is 0 Å². The Morgan fingerprint density at radius 1 is 1.22 bits per heavy atom. The highest BCUT2D eigenvalue weighted by atomic mass is 35.5. The van der Waals surface area contributed by atoms with Gasteiger partial charge in [-0.15, -0.1) is 0 Å². The number of anilines is 2. The van der Waals surface area contributed by atoms with Crippen molar-refractivity contribution in [2.24, 2.45) is 0 Å². The second-order valence-electron chi connectivity index (χ2n) is 3.91. The predicted molar refractivity (Wildman–Crippen MR) is 70.6 cm³/mol. The Kier molecular flexibility index (Phi) is 3.50. The smallest absolute Gasteiger partial charge is 0.146 e. The molecule has 0 heterocycles. The van der Waals surface area contributed by atoms with E-state index in [0.717, 1.165) is 5.56 Å². The number of rotatable bonds is 2. The van der Waals surface area contributed by atoms with E-state index < -0.39 is 0 Å². The molecular formula is C14H10ClFN2. The van der Waals surface area contributed by atoms with Crippen LogP contribution in [0, 0.1) is 24.1 Å². The fourth-order valence-corrected chi connectivity index (χ4v) is 1.78. The molecule has 2 nitrogen and oxygen atoms in total. The minimum atomic E-state index is -0.324. The molecule has 2 aromatic rings. The molecule has 0 fully saturated rings. The summed E-state index contributed by atoms with van der Waals surface area (Å²) in [6.07, 6.45) is 0. The van der Waals surface area contributed by atoms with Gasteiger partial charge in [-0.1, -0.05) is 17.7 Å². The van der Waals surface area contributed by atoms with Crippen molar-refractivity contribution in [2.75, 3.05) is 5.32 Å². The van der Waals surface area contributed by atoms with Crippen molar-refractivity contribution >= 4 is 23.0 Å². The number of aryl methyl sites for hydroxylation is 1. The summed E-state index contributed by atoms with van der Waals surface area (Å²) in [4.78, 5) is 0. The Labute approximate surface area is 110 Å². The van der Waals surface area contributed by atoms with Crippen molar-refractivity contribution in [2.45, 2.75) is 6.92 Å². The zero-order chi connectivity index (χ0) is 13.1. The van der Waals surface area contributed by atoms with Crippen LogP contribution in [-0.2, 0) is 0 Å². The lowest BCUT2D eigenvalue weighted by Gasteiger charge is -2.09. The summed E-state index contributed by atoms with van der Waals surface area (Å²) < 4.78 is 13.6. The Balaban J connectivity index is 2.29. The third-order valence-corrected chi connectivity index (χ3v) is 2.81. The van der Waals surface area contributed by atoms with E-state index in [4.69, 9.17) is 16.9 Å². The SMILES string of the molecule is Cc1ccc(Nc2ccc(C#N)c(Cl)c2)c(F)c1. The molecule has 0 aliphatic rings. The highest BCUT2D eigenvalue weighted by molar-refractivity contribution is 6.32. The fraction of sp³-hybridized carbons (Fsp3) is 0.0714. The molecule has 90 valence electrons. The maximum Gasteiger partial charge on any atom is 0.146 e. The van der Waals surface area contributed by atoms with Crippen LogP contribution in [-0.4, -0.2) is 0 Å². The van der Waals surface area contributed by atoms with Crippen LogP contribution < -0.4 is 5.32 Å². The zero-order valence-electron chi connectivity index (χ0n) is 9.67. The first kappa shape index (κ1) is 12.4. The molecule has 0 radical (unpaired) electrons. The number of nitrogens with zero attached hydrogens (tertiary/aromatic N) is 1. The average molecular weight is 261 g/mol. The van der Waals surface area contributed by atoms with E-state index in [2.05, 4.69) is 5.32 Å². The van der Waals surface area contributed by atoms with Crippen molar-refractivity contribution in [1.82, 2.24) is 0 Å². The quantitative estimate of drug-likeness (QED) is 0.869. The molecule has 2 aromatic carbocycles. The van der Waals surface area contributed by atoms with Crippen molar-refractivity contribution in [3.05, 3.63) is 58.4 Å². The molecule has 0 bridgehead atoms. The van der Waals surface area contributed by atoms with Crippen molar-refractivity contribution in [3.8, 4) is 6.07 Å². The van der Waals surface area contributed by atoms with E-state index in [-0.39, 0.29) is 5.82 Å². The van der Waals surface area contributed by atoms with Gasteiger partial charge in [0, 0.05) is 5.69 Å². The van der Waals surface area contributed by atoms with Crippen LogP contribution in [0.2, 0.25) is 5.02 Å². The minimum absolute atomic E-state index is 0.324. The summed E-state index contributed by atoms with van der Waals surface area (Å²) in [6, 6.07) is 11.8. The van der Waals surface area contributed by atoms with Gasteiger partial charge in [-0.25, -0.2) is 4.39 Å². The lowest BCUT2D eigenvalue weighted by Crippen LogP contribution is -1.94. The van der Waals surface area contributed by atoms with Gasteiger partial charge in [0.1, 0.15) is 11.9 Å². The molecule has 0 atom stereocenters. The third kappa shape index (κ3) is 2.61. The Morgan fingerprint density at radius 2 is 2.00 bits per heavy atom. The van der Waals surface area contributed by atoms with E-state index in [0.29, 0.717) is 22.0 Å². The third-order valence-electron chi connectivity index (χ3n) is 2.49. The number of benzene rings is 2. The summed E-state index contributed by atoms with van der Waals surface area (Å²) in [6.45, 7) is 1.82. The maximum absolute atomic E-state index is 13.6. The molecule has 0 aromatic heterocycles. The normalized spacial score (nSPS) is 9.89. The first-order valence-corrected chi connectivity index (χ1v) is 5.71. The largest absolute Gasteiger partial charge is 0.353 e. The van der Waals surface area contributed by atoms with Gasteiger partial charge in [0.05, 0.1) is 16.3 Å². The van der Waals surface area contributed by atoms with E-state index >= 15 is 0 Å². The molecule has 0 aliphatic carbocycles. The van der Waals surface area contributed by atoms with E-state index in [9.17, 15) is 4.39 Å². The maximum atomic E-state index is 13.6. The van der Waals surface area contributed by atoms with Crippen LogP contribution >= 0.6 is 11.6 Å². The molecule has 0 amide bonds. The van der Waals surface area contributed by atoms with Gasteiger partial charge in [-0.05, 0) is 42.8 Å². The number of hydrogen-bond acceptors (Lipinski definition) is 2.